The van der Waals surface area contributed by atoms with Crippen LogP contribution in [0.15, 0.2) is 29.1 Å². The average molecular weight is 283 g/mol. The quantitative estimate of drug-likeness (QED) is 0.875. The van der Waals surface area contributed by atoms with Crippen LogP contribution in [0.5, 0.6) is 0 Å². The van der Waals surface area contributed by atoms with E-state index < -0.39 is 0 Å². The zero-order valence-corrected chi connectivity index (χ0v) is 13.0. The molecule has 1 N–H and O–H groups in total. The van der Waals surface area contributed by atoms with Crippen LogP contribution >= 0.6 is 0 Å². The van der Waals surface area contributed by atoms with Crippen molar-refractivity contribution in [1.29, 1.82) is 0 Å². The van der Waals surface area contributed by atoms with E-state index in [1.54, 1.807) is 6.07 Å². The van der Waals surface area contributed by atoms with Gasteiger partial charge in [-0.05, 0) is 30.2 Å². The summed E-state index contributed by atoms with van der Waals surface area (Å²) >= 11 is 0. The minimum Gasteiger partial charge on any atom is -0.374 e. The molecule has 0 aliphatic carbocycles. The minimum absolute atomic E-state index is 0.0949. The van der Waals surface area contributed by atoms with Crippen LogP contribution in [-0.4, -0.2) is 23.6 Å². The zero-order chi connectivity index (χ0) is 15.2. The topological polar surface area (TPSA) is 49.0 Å². The van der Waals surface area contributed by atoms with Gasteiger partial charge in [0.2, 0.25) is 0 Å². The Bertz CT molecular complexity index is 740. The number of fused-ring (bicyclic) bond motifs is 1. The van der Waals surface area contributed by atoms with E-state index in [9.17, 15) is 4.79 Å². The molecule has 1 aromatic heterocycles. The number of aromatic nitrogens is 2. The Kier molecular flexibility index (Phi) is 3.12. The highest BCUT2D eigenvalue weighted by Crippen LogP contribution is 2.30. The van der Waals surface area contributed by atoms with Crippen molar-refractivity contribution in [3.05, 3.63) is 45.9 Å². The molecule has 0 spiro atoms. The predicted octanol–water partition coefficient (Wildman–Crippen LogP) is 2.73. The Morgan fingerprint density at radius 2 is 2.00 bits per heavy atom. The Morgan fingerprint density at radius 1 is 1.24 bits per heavy atom. The van der Waals surface area contributed by atoms with E-state index in [4.69, 9.17) is 0 Å². The van der Waals surface area contributed by atoms with Gasteiger partial charge in [-0.25, -0.2) is 4.98 Å². The van der Waals surface area contributed by atoms with Crippen LogP contribution in [0, 0.1) is 0 Å². The van der Waals surface area contributed by atoms with Gasteiger partial charge in [0.25, 0.3) is 5.56 Å². The maximum atomic E-state index is 11.9. The molecule has 0 unspecified atom stereocenters. The van der Waals surface area contributed by atoms with Gasteiger partial charge in [0.05, 0.1) is 5.69 Å². The van der Waals surface area contributed by atoms with Gasteiger partial charge in [0.15, 0.2) is 0 Å². The van der Waals surface area contributed by atoms with E-state index in [1.807, 2.05) is 6.07 Å². The fourth-order valence-electron chi connectivity index (χ4n) is 2.69. The van der Waals surface area contributed by atoms with Gasteiger partial charge in [-0.1, -0.05) is 20.8 Å². The lowest BCUT2D eigenvalue weighted by molar-refractivity contribution is 0.566. The highest BCUT2D eigenvalue weighted by molar-refractivity contribution is 5.66. The second-order valence-electron chi connectivity index (χ2n) is 6.74. The lowest BCUT2D eigenvalue weighted by Crippen LogP contribution is -2.19. The van der Waals surface area contributed by atoms with Crippen molar-refractivity contribution in [2.75, 3.05) is 18.5 Å². The van der Waals surface area contributed by atoms with E-state index >= 15 is 0 Å². The van der Waals surface area contributed by atoms with Crippen LogP contribution in [0.4, 0.5) is 5.69 Å². The number of H-pyrrole nitrogens is 1. The molecule has 21 heavy (non-hydrogen) atoms. The van der Waals surface area contributed by atoms with Crippen molar-refractivity contribution < 1.29 is 0 Å². The smallest absolute Gasteiger partial charge is 0.251 e. The van der Waals surface area contributed by atoms with Crippen molar-refractivity contribution in [1.82, 2.24) is 9.97 Å². The summed E-state index contributed by atoms with van der Waals surface area (Å²) in [6, 6.07) is 7.88. The first kappa shape index (κ1) is 13.9. The first-order valence-electron chi connectivity index (χ1n) is 7.31. The third-order valence-corrected chi connectivity index (χ3v) is 3.99. The first-order valence-corrected chi connectivity index (χ1v) is 7.31. The molecule has 4 nitrogen and oxygen atoms in total. The number of aromatic amines is 1. The molecule has 0 amide bonds. The summed E-state index contributed by atoms with van der Waals surface area (Å²) in [5.41, 5.74) is 4.15. The van der Waals surface area contributed by atoms with E-state index in [0.717, 1.165) is 24.2 Å². The van der Waals surface area contributed by atoms with Crippen LogP contribution < -0.4 is 10.5 Å². The van der Waals surface area contributed by atoms with Crippen LogP contribution in [0.3, 0.4) is 0 Å². The summed E-state index contributed by atoms with van der Waals surface area (Å²) in [6.07, 6.45) is 1.04. The van der Waals surface area contributed by atoms with Gasteiger partial charge >= 0.3 is 0 Å². The molecular formula is C17H21N3O. The number of likely N-dealkylation sites (N-methyl/N-ethyl adjacent to an activating group) is 1. The van der Waals surface area contributed by atoms with E-state index in [1.165, 1.54) is 11.3 Å². The molecule has 0 fully saturated rings. The molecule has 2 aromatic rings. The Labute approximate surface area is 124 Å². The molecule has 1 aliphatic heterocycles. The molecule has 0 saturated heterocycles. The monoisotopic (exact) mass is 283 g/mol. The molecule has 0 saturated carbocycles. The lowest BCUT2D eigenvalue weighted by atomic mass is 9.92. The van der Waals surface area contributed by atoms with Crippen LogP contribution in [0.2, 0.25) is 0 Å². The average Bonchev–Trinajstić information content (AvgIpc) is 2.78. The van der Waals surface area contributed by atoms with Crippen molar-refractivity contribution >= 4 is 5.69 Å². The van der Waals surface area contributed by atoms with Crippen LogP contribution in [-0.2, 0) is 11.8 Å². The third kappa shape index (κ3) is 2.58. The number of hydrogen-bond donors (Lipinski definition) is 1. The largest absolute Gasteiger partial charge is 0.374 e. The standard InChI is InChI=1S/C17H21N3O/c1-17(2,3)14-10-15(21)19-16(18-14)12-5-6-13-11(9-12)7-8-20(13)4/h5-6,9-10H,7-8H2,1-4H3,(H,18,19,21). The summed E-state index contributed by atoms with van der Waals surface area (Å²) in [5, 5.41) is 0. The van der Waals surface area contributed by atoms with Gasteiger partial charge in [0.1, 0.15) is 5.82 Å². The van der Waals surface area contributed by atoms with Crippen LogP contribution in [0.1, 0.15) is 32.0 Å². The Morgan fingerprint density at radius 3 is 2.71 bits per heavy atom. The number of nitrogens with zero attached hydrogens (tertiary/aromatic N) is 2. The Balaban J connectivity index is 2.09. The second-order valence-corrected chi connectivity index (χ2v) is 6.74. The molecule has 1 aliphatic rings. The van der Waals surface area contributed by atoms with E-state index in [2.05, 4.69) is 54.8 Å². The van der Waals surface area contributed by atoms with Gasteiger partial charge in [0, 0.05) is 36.3 Å². The second kappa shape index (κ2) is 4.72. The molecule has 0 radical (unpaired) electrons. The molecular weight excluding hydrogens is 262 g/mol. The molecule has 0 atom stereocenters. The maximum absolute atomic E-state index is 11.9. The van der Waals surface area contributed by atoms with E-state index in [-0.39, 0.29) is 11.0 Å². The molecule has 1 aromatic carbocycles. The predicted molar refractivity (Wildman–Crippen MR) is 86.0 cm³/mol. The molecule has 110 valence electrons. The van der Waals surface area contributed by atoms with Crippen molar-refractivity contribution in [2.24, 2.45) is 0 Å². The number of hydrogen-bond acceptors (Lipinski definition) is 3. The molecule has 3 rings (SSSR count). The van der Waals surface area contributed by atoms with Gasteiger partial charge in [-0.3, -0.25) is 4.79 Å². The van der Waals surface area contributed by atoms with Crippen molar-refractivity contribution in [2.45, 2.75) is 32.6 Å². The van der Waals surface area contributed by atoms with E-state index in [0.29, 0.717) is 5.82 Å². The first-order chi connectivity index (χ1) is 9.84. The summed E-state index contributed by atoms with van der Waals surface area (Å²) in [6.45, 7) is 7.24. The number of anilines is 1. The normalized spacial score (nSPS) is 14.4. The third-order valence-electron chi connectivity index (χ3n) is 3.99. The Hall–Kier alpha value is -2.10. The van der Waals surface area contributed by atoms with Gasteiger partial charge in [-0.2, -0.15) is 0 Å². The number of benzene rings is 1. The highest BCUT2D eigenvalue weighted by atomic mass is 16.1. The van der Waals surface area contributed by atoms with Crippen molar-refractivity contribution in [3.63, 3.8) is 0 Å². The zero-order valence-electron chi connectivity index (χ0n) is 13.0. The number of nitrogens with one attached hydrogen (secondary N) is 1. The SMILES string of the molecule is CN1CCc2cc(-c3nc(C(C)(C)C)cc(=O)[nH]3)ccc21. The summed E-state index contributed by atoms with van der Waals surface area (Å²) in [5.74, 6) is 0.657. The summed E-state index contributed by atoms with van der Waals surface area (Å²) in [7, 11) is 2.10. The van der Waals surface area contributed by atoms with Crippen molar-refractivity contribution in [3.8, 4) is 11.4 Å². The van der Waals surface area contributed by atoms with Gasteiger partial charge in [-0.15, -0.1) is 0 Å². The summed E-state index contributed by atoms with van der Waals surface area (Å²) in [4.78, 5) is 21.7. The molecule has 4 heteroatoms. The fraction of sp³-hybridized carbons (Fsp3) is 0.412. The molecule has 2 heterocycles. The maximum Gasteiger partial charge on any atom is 0.251 e. The van der Waals surface area contributed by atoms with Crippen LogP contribution in [0.25, 0.3) is 11.4 Å². The number of rotatable bonds is 1. The molecule has 0 bridgehead atoms. The fourth-order valence-corrected chi connectivity index (χ4v) is 2.69. The van der Waals surface area contributed by atoms with Gasteiger partial charge < -0.3 is 9.88 Å². The minimum atomic E-state index is -0.139. The highest BCUT2D eigenvalue weighted by Gasteiger charge is 2.19. The lowest BCUT2D eigenvalue weighted by Gasteiger charge is -2.18. The summed E-state index contributed by atoms with van der Waals surface area (Å²) < 4.78 is 0.